The van der Waals surface area contributed by atoms with Crippen LogP contribution in [0.15, 0.2) is 24.3 Å². The van der Waals surface area contributed by atoms with Crippen molar-refractivity contribution in [3.63, 3.8) is 0 Å². The van der Waals surface area contributed by atoms with E-state index in [0.717, 1.165) is 12.0 Å². The second-order valence-corrected chi connectivity index (χ2v) is 5.85. The first kappa shape index (κ1) is 15.6. The van der Waals surface area contributed by atoms with E-state index in [1.54, 1.807) is 25.3 Å². The quantitative estimate of drug-likeness (QED) is 0.830. The zero-order valence-corrected chi connectivity index (χ0v) is 12.6. The van der Waals surface area contributed by atoms with Crippen molar-refractivity contribution in [1.29, 1.82) is 0 Å². The van der Waals surface area contributed by atoms with Crippen LogP contribution in [0.4, 0.5) is 0 Å². The Labute approximate surface area is 125 Å². The Morgan fingerprint density at radius 1 is 1.52 bits per heavy atom. The molecular formula is C17H21NO3. The van der Waals surface area contributed by atoms with E-state index < -0.39 is 0 Å². The van der Waals surface area contributed by atoms with Crippen molar-refractivity contribution in [2.24, 2.45) is 5.41 Å². The Hall–Kier alpha value is -1.83. The molecule has 1 amide bonds. The molecule has 112 valence electrons. The highest BCUT2D eigenvalue weighted by Crippen LogP contribution is 2.42. The zero-order valence-electron chi connectivity index (χ0n) is 12.6. The minimum atomic E-state index is -0.189. The van der Waals surface area contributed by atoms with Gasteiger partial charge in [-0.15, -0.1) is 0 Å². The van der Waals surface area contributed by atoms with Crippen LogP contribution in [-0.2, 0) is 4.74 Å². The lowest BCUT2D eigenvalue weighted by Gasteiger charge is -2.51. The van der Waals surface area contributed by atoms with Crippen molar-refractivity contribution in [3.05, 3.63) is 35.4 Å². The summed E-state index contributed by atoms with van der Waals surface area (Å²) in [5, 5.41) is 11.8. The molecule has 0 saturated heterocycles. The van der Waals surface area contributed by atoms with Crippen molar-refractivity contribution in [2.75, 3.05) is 13.7 Å². The van der Waals surface area contributed by atoms with E-state index in [1.165, 1.54) is 0 Å². The number of ether oxygens (including phenoxy) is 1. The van der Waals surface area contributed by atoms with E-state index in [9.17, 15) is 4.79 Å². The van der Waals surface area contributed by atoms with Gasteiger partial charge in [-0.1, -0.05) is 31.8 Å². The third-order valence-electron chi connectivity index (χ3n) is 4.20. The van der Waals surface area contributed by atoms with Crippen LogP contribution in [0, 0.1) is 17.3 Å². The largest absolute Gasteiger partial charge is 0.384 e. The molecule has 2 rings (SSSR count). The Morgan fingerprint density at radius 3 is 2.90 bits per heavy atom. The fourth-order valence-corrected chi connectivity index (χ4v) is 2.65. The number of methoxy groups -OCH3 is 1. The van der Waals surface area contributed by atoms with Gasteiger partial charge >= 0.3 is 0 Å². The summed E-state index contributed by atoms with van der Waals surface area (Å²) in [7, 11) is 1.70. The number of carbonyl (C=O) groups excluding carboxylic acids is 1. The number of rotatable bonds is 3. The fourth-order valence-electron chi connectivity index (χ4n) is 2.65. The van der Waals surface area contributed by atoms with Crippen LogP contribution in [0.3, 0.4) is 0 Å². The van der Waals surface area contributed by atoms with E-state index in [-0.39, 0.29) is 30.1 Å². The lowest BCUT2D eigenvalue weighted by atomic mass is 9.64. The SMILES string of the molecule is COC1CC(NC(=O)c2cccc(C#CCO)c2)C1(C)C. The lowest BCUT2D eigenvalue weighted by molar-refractivity contribution is -0.0942. The van der Waals surface area contributed by atoms with Crippen LogP contribution in [-0.4, -0.2) is 36.9 Å². The Bertz CT molecular complexity index is 583. The maximum absolute atomic E-state index is 12.3. The normalized spacial score (nSPS) is 22.7. The molecule has 2 N–H and O–H groups in total. The average Bonchev–Trinajstić information content (AvgIpc) is 2.49. The van der Waals surface area contributed by atoms with Crippen LogP contribution in [0.25, 0.3) is 0 Å². The molecule has 1 aliphatic carbocycles. The molecule has 0 aliphatic heterocycles. The summed E-state index contributed by atoms with van der Waals surface area (Å²) in [6.07, 6.45) is 1.02. The third-order valence-corrected chi connectivity index (χ3v) is 4.20. The highest BCUT2D eigenvalue weighted by atomic mass is 16.5. The average molecular weight is 287 g/mol. The van der Waals surface area contributed by atoms with Crippen molar-refractivity contribution in [1.82, 2.24) is 5.32 Å². The highest BCUT2D eigenvalue weighted by molar-refractivity contribution is 5.94. The van der Waals surface area contributed by atoms with E-state index in [0.29, 0.717) is 5.56 Å². The lowest BCUT2D eigenvalue weighted by Crippen LogP contribution is -2.61. The maximum atomic E-state index is 12.3. The number of aliphatic hydroxyl groups excluding tert-OH is 1. The van der Waals surface area contributed by atoms with Crippen molar-refractivity contribution < 1.29 is 14.6 Å². The molecule has 0 spiro atoms. The summed E-state index contributed by atoms with van der Waals surface area (Å²) in [6, 6.07) is 7.21. The molecule has 0 bridgehead atoms. The molecule has 0 heterocycles. The number of amides is 1. The van der Waals surface area contributed by atoms with Gasteiger partial charge in [0.2, 0.25) is 0 Å². The minimum absolute atomic E-state index is 0.0568. The predicted molar refractivity (Wildman–Crippen MR) is 80.9 cm³/mol. The summed E-state index contributed by atoms with van der Waals surface area (Å²) < 4.78 is 5.39. The van der Waals surface area contributed by atoms with Crippen LogP contribution >= 0.6 is 0 Å². The summed E-state index contributed by atoms with van der Waals surface area (Å²) >= 11 is 0. The van der Waals surface area contributed by atoms with Crippen LogP contribution in [0.5, 0.6) is 0 Å². The molecule has 21 heavy (non-hydrogen) atoms. The molecule has 4 nitrogen and oxygen atoms in total. The van der Waals surface area contributed by atoms with Crippen molar-refractivity contribution in [2.45, 2.75) is 32.4 Å². The molecule has 1 aromatic rings. The van der Waals surface area contributed by atoms with E-state index >= 15 is 0 Å². The van der Waals surface area contributed by atoms with Gasteiger partial charge in [0, 0.05) is 29.7 Å². The van der Waals surface area contributed by atoms with Gasteiger partial charge in [0.05, 0.1) is 6.10 Å². The predicted octanol–water partition coefficient (Wildman–Crippen LogP) is 1.57. The van der Waals surface area contributed by atoms with Gasteiger partial charge in [0.25, 0.3) is 5.91 Å². The first-order valence-electron chi connectivity index (χ1n) is 7.02. The molecule has 1 aliphatic rings. The van der Waals surface area contributed by atoms with E-state index in [1.807, 2.05) is 6.07 Å². The summed E-state index contributed by atoms with van der Waals surface area (Å²) in [6.45, 7) is 4.00. The fraction of sp³-hybridized carbons (Fsp3) is 0.471. The van der Waals surface area contributed by atoms with E-state index in [4.69, 9.17) is 9.84 Å². The standard InChI is InChI=1S/C17H21NO3/c1-17(2)14(11-15(17)21-3)18-16(20)13-8-4-6-12(10-13)7-5-9-19/h4,6,8,10,14-15,19H,9,11H2,1-3H3,(H,18,20). The zero-order chi connectivity index (χ0) is 15.5. The summed E-state index contributed by atoms with van der Waals surface area (Å²) in [4.78, 5) is 12.3. The summed E-state index contributed by atoms with van der Waals surface area (Å²) in [5.41, 5.74) is 1.24. The number of aliphatic hydroxyl groups is 1. The van der Waals surface area contributed by atoms with Gasteiger partial charge in [-0.05, 0) is 24.6 Å². The van der Waals surface area contributed by atoms with Gasteiger partial charge in [0.15, 0.2) is 0 Å². The van der Waals surface area contributed by atoms with Gasteiger partial charge < -0.3 is 15.2 Å². The monoisotopic (exact) mass is 287 g/mol. The second kappa shape index (κ2) is 6.30. The van der Waals surface area contributed by atoms with Gasteiger partial charge in [-0.25, -0.2) is 0 Å². The summed E-state index contributed by atoms with van der Waals surface area (Å²) in [5.74, 6) is 5.28. The maximum Gasteiger partial charge on any atom is 0.251 e. The number of carbonyl (C=O) groups is 1. The van der Waals surface area contributed by atoms with Gasteiger partial charge in [-0.3, -0.25) is 4.79 Å². The van der Waals surface area contributed by atoms with Gasteiger partial charge in [-0.2, -0.15) is 0 Å². The first-order chi connectivity index (χ1) is 9.98. The van der Waals surface area contributed by atoms with Crippen LogP contribution in [0.2, 0.25) is 0 Å². The molecular weight excluding hydrogens is 266 g/mol. The van der Waals surface area contributed by atoms with Crippen LogP contribution < -0.4 is 5.32 Å². The smallest absolute Gasteiger partial charge is 0.251 e. The van der Waals surface area contributed by atoms with Gasteiger partial charge in [0.1, 0.15) is 6.61 Å². The Morgan fingerprint density at radius 2 is 2.29 bits per heavy atom. The first-order valence-corrected chi connectivity index (χ1v) is 7.02. The molecule has 4 heteroatoms. The number of hydrogen-bond donors (Lipinski definition) is 2. The molecule has 1 aromatic carbocycles. The second-order valence-electron chi connectivity index (χ2n) is 5.85. The molecule has 1 fully saturated rings. The Balaban J connectivity index is 2.05. The van der Waals surface area contributed by atoms with Crippen LogP contribution in [0.1, 0.15) is 36.2 Å². The molecule has 0 radical (unpaired) electrons. The molecule has 2 unspecified atom stereocenters. The third kappa shape index (κ3) is 3.26. The number of hydrogen-bond acceptors (Lipinski definition) is 3. The molecule has 0 aromatic heterocycles. The van der Waals surface area contributed by atoms with E-state index in [2.05, 4.69) is 31.0 Å². The molecule has 1 saturated carbocycles. The topological polar surface area (TPSA) is 58.6 Å². The number of nitrogens with one attached hydrogen (secondary N) is 1. The van der Waals surface area contributed by atoms with Crippen molar-refractivity contribution in [3.8, 4) is 11.8 Å². The highest BCUT2D eigenvalue weighted by Gasteiger charge is 2.49. The Kier molecular flexibility index (Phi) is 4.66. The molecule has 2 atom stereocenters. The number of benzene rings is 1. The van der Waals surface area contributed by atoms with Crippen molar-refractivity contribution >= 4 is 5.91 Å². The minimum Gasteiger partial charge on any atom is -0.384 e.